The van der Waals surface area contributed by atoms with Crippen LogP contribution in [0.1, 0.15) is 0 Å². The molecule has 6 heteroatoms. The highest BCUT2D eigenvalue weighted by Gasteiger charge is 2.07. The van der Waals surface area contributed by atoms with E-state index >= 15 is 0 Å². The number of thiazole rings is 1. The van der Waals surface area contributed by atoms with Crippen LogP contribution in [0.5, 0.6) is 5.75 Å². The van der Waals surface area contributed by atoms with Crippen LogP contribution in [-0.2, 0) is 0 Å². The van der Waals surface area contributed by atoms with E-state index in [0.29, 0.717) is 0 Å². The molecule has 0 fully saturated rings. The number of phenols is 1. The minimum absolute atomic E-state index is 0.235. The molecule has 0 bridgehead atoms. The molecule has 0 amide bonds. The van der Waals surface area contributed by atoms with Crippen molar-refractivity contribution in [1.82, 2.24) is 14.8 Å². The van der Waals surface area contributed by atoms with Crippen molar-refractivity contribution in [2.75, 3.05) is 0 Å². The maximum absolute atomic E-state index is 12.9. The Morgan fingerprint density at radius 2 is 1.86 bits per heavy atom. The number of aromatic hydroxyl groups is 1. The molecule has 0 aliphatic rings. The monoisotopic (exact) mass is 311 g/mol. The van der Waals surface area contributed by atoms with E-state index in [1.165, 1.54) is 22.1 Å². The SMILES string of the molecule is Oc1ccc2nc(-c3ccc(-n4ccc(F)n4)cc3)sc2c1. The molecule has 1 N–H and O–H groups in total. The molecule has 4 nitrogen and oxygen atoms in total. The molecule has 2 heterocycles. The zero-order valence-corrected chi connectivity index (χ0v) is 12.1. The smallest absolute Gasteiger partial charge is 0.233 e. The highest BCUT2D eigenvalue weighted by molar-refractivity contribution is 7.21. The van der Waals surface area contributed by atoms with Crippen LogP contribution in [-0.4, -0.2) is 19.9 Å². The number of rotatable bonds is 2. The summed E-state index contributed by atoms with van der Waals surface area (Å²) in [6.45, 7) is 0. The van der Waals surface area contributed by atoms with Crippen molar-refractivity contribution in [3.63, 3.8) is 0 Å². The van der Waals surface area contributed by atoms with Crippen molar-refractivity contribution in [1.29, 1.82) is 0 Å². The molecule has 0 radical (unpaired) electrons. The van der Waals surface area contributed by atoms with E-state index in [2.05, 4.69) is 10.1 Å². The van der Waals surface area contributed by atoms with Crippen LogP contribution in [0, 0.1) is 5.95 Å². The fourth-order valence-electron chi connectivity index (χ4n) is 2.24. The molecule has 2 aromatic heterocycles. The summed E-state index contributed by atoms with van der Waals surface area (Å²) in [5.41, 5.74) is 2.61. The van der Waals surface area contributed by atoms with Gasteiger partial charge in [0.25, 0.3) is 0 Å². The first-order valence-corrected chi connectivity index (χ1v) is 7.42. The van der Waals surface area contributed by atoms with Crippen LogP contribution in [0.15, 0.2) is 54.7 Å². The molecule has 0 aliphatic heterocycles. The molecule has 2 aromatic carbocycles. The average molecular weight is 311 g/mol. The van der Waals surface area contributed by atoms with Crippen LogP contribution >= 0.6 is 11.3 Å². The van der Waals surface area contributed by atoms with Crippen LogP contribution in [0.3, 0.4) is 0 Å². The van der Waals surface area contributed by atoms with Crippen LogP contribution in [0.4, 0.5) is 4.39 Å². The lowest BCUT2D eigenvalue weighted by atomic mass is 10.2. The molecule has 0 spiro atoms. The fourth-order valence-corrected chi connectivity index (χ4v) is 3.24. The summed E-state index contributed by atoms with van der Waals surface area (Å²) in [4.78, 5) is 4.56. The Kier molecular flexibility index (Phi) is 2.90. The highest BCUT2D eigenvalue weighted by Crippen LogP contribution is 2.32. The number of hydrogen-bond acceptors (Lipinski definition) is 4. The van der Waals surface area contributed by atoms with Gasteiger partial charge in [-0.2, -0.15) is 4.39 Å². The molecule has 0 saturated carbocycles. The summed E-state index contributed by atoms with van der Waals surface area (Å²) >= 11 is 1.52. The van der Waals surface area contributed by atoms with Gasteiger partial charge in [0.2, 0.25) is 5.95 Å². The van der Waals surface area contributed by atoms with E-state index in [4.69, 9.17) is 0 Å². The van der Waals surface area contributed by atoms with Crippen molar-refractivity contribution >= 4 is 21.6 Å². The number of fused-ring (bicyclic) bond motifs is 1. The second-order valence-corrected chi connectivity index (χ2v) is 5.83. The number of phenolic OH excluding ortho intramolecular Hbond substituents is 1. The Balaban J connectivity index is 1.72. The number of aromatic nitrogens is 3. The molecule has 22 heavy (non-hydrogen) atoms. The zero-order chi connectivity index (χ0) is 15.1. The highest BCUT2D eigenvalue weighted by atomic mass is 32.1. The normalized spacial score (nSPS) is 11.1. The third-order valence-corrected chi connectivity index (χ3v) is 4.37. The molecule has 0 unspecified atom stereocenters. The maximum atomic E-state index is 12.9. The van der Waals surface area contributed by atoms with E-state index in [0.717, 1.165) is 26.5 Å². The summed E-state index contributed by atoms with van der Waals surface area (Å²) in [6.07, 6.45) is 1.57. The summed E-state index contributed by atoms with van der Waals surface area (Å²) in [7, 11) is 0. The summed E-state index contributed by atoms with van der Waals surface area (Å²) in [5, 5.41) is 14.1. The molecule has 108 valence electrons. The first-order valence-electron chi connectivity index (χ1n) is 6.60. The van der Waals surface area contributed by atoms with Crippen LogP contribution in [0.2, 0.25) is 0 Å². The lowest BCUT2D eigenvalue weighted by molar-refractivity contribution is 0.476. The minimum atomic E-state index is -0.505. The van der Waals surface area contributed by atoms with Gasteiger partial charge in [-0.1, -0.05) is 0 Å². The van der Waals surface area contributed by atoms with Crippen molar-refractivity contribution in [2.45, 2.75) is 0 Å². The Bertz CT molecular complexity index is 959. The van der Waals surface area contributed by atoms with Gasteiger partial charge in [-0.3, -0.25) is 0 Å². The Morgan fingerprint density at radius 3 is 2.59 bits per heavy atom. The van der Waals surface area contributed by atoms with Gasteiger partial charge in [0, 0.05) is 17.8 Å². The zero-order valence-electron chi connectivity index (χ0n) is 11.3. The largest absolute Gasteiger partial charge is 0.508 e. The molecular formula is C16H10FN3OS. The molecule has 0 saturated heterocycles. The van der Waals surface area contributed by atoms with Gasteiger partial charge < -0.3 is 5.11 Å². The summed E-state index contributed by atoms with van der Waals surface area (Å²) in [5.74, 6) is -0.270. The van der Waals surface area contributed by atoms with Crippen molar-refractivity contribution in [3.05, 3.63) is 60.7 Å². The van der Waals surface area contributed by atoms with Gasteiger partial charge in [0.05, 0.1) is 15.9 Å². The Morgan fingerprint density at radius 1 is 1.05 bits per heavy atom. The lowest BCUT2D eigenvalue weighted by Gasteiger charge is -2.01. The van der Waals surface area contributed by atoms with Gasteiger partial charge in [0.15, 0.2) is 0 Å². The van der Waals surface area contributed by atoms with E-state index < -0.39 is 5.95 Å². The maximum Gasteiger partial charge on any atom is 0.233 e. The quantitative estimate of drug-likeness (QED) is 0.609. The predicted molar refractivity (Wildman–Crippen MR) is 83.8 cm³/mol. The second-order valence-electron chi connectivity index (χ2n) is 4.80. The first-order chi connectivity index (χ1) is 10.7. The van der Waals surface area contributed by atoms with E-state index in [1.807, 2.05) is 24.3 Å². The first kappa shape index (κ1) is 13.0. The van der Waals surface area contributed by atoms with Crippen LogP contribution in [0.25, 0.3) is 26.5 Å². The Hall–Kier alpha value is -2.73. The second kappa shape index (κ2) is 4.92. The molecule has 4 rings (SSSR count). The van der Waals surface area contributed by atoms with Crippen molar-refractivity contribution in [3.8, 4) is 22.0 Å². The van der Waals surface area contributed by atoms with Crippen LogP contribution < -0.4 is 0 Å². The van der Waals surface area contributed by atoms with Gasteiger partial charge in [-0.25, -0.2) is 9.67 Å². The fraction of sp³-hybridized carbons (Fsp3) is 0. The number of benzene rings is 2. The summed E-state index contributed by atoms with van der Waals surface area (Å²) < 4.78 is 15.4. The number of nitrogens with zero attached hydrogens (tertiary/aromatic N) is 3. The van der Waals surface area contributed by atoms with Gasteiger partial charge in [0.1, 0.15) is 10.8 Å². The van der Waals surface area contributed by atoms with Gasteiger partial charge >= 0.3 is 0 Å². The molecular weight excluding hydrogens is 301 g/mol. The Labute approximate surface area is 129 Å². The minimum Gasteiger partial charge on any atom is -0.508 e. The van der Waals surface area contributed by atoms with E-state index in [1.54, 1.807) is 24.4 Å². The number of hydrogen-bond donors (Lipinski definition) is 1. The van der Waals surface area contributed by atoms with Gasteiger partial charge in [-0.05, 0) is 42.5 Å². The van der Waals surface area contributed by atoms with Crippen molar-refractivity contribution < 1.29 is 9.50 Å². The summed E-state index contributed by atoms with van der Waals surface area (Å²) in [6, 6.07) is 14.0. The average Bonchev–Trinajstić information content (AvgIpc) is 3.13. The standard InChI is InChI=1S/C16H10FN3OS/c17-15-7-8-20(19-15)11-3-1-10(2-4-11)16-18-13-6-5-12(21)9-14(13)22-16/h1-9,21H. The van der Waals surface area contributed by atoms with E-state index in [-0.39, 0.29) is 5.75 Å². The van der Waals surface area contributed by atoms with Crippen molar-refractivity contribution in [2.24, 2.45) is 0 Å². The van der Waals surface area contributed by atoms with Gasteiger partial charge in [-0.15, -0.1) is 16.4 Å². The lowest BCUT2D eigenvalue weighted by Crippen LogP contribution is -1.94. The third kappa shape index (κ3) is 2.23. The molecule has 4 aromatic rings. The molecule has 0 atom stereocenters. The predicted octanol–water partition coefficient (Wildman–Crippen LogP) is 3.99. The number of halogens is 1. The third-order valence-electron chi connectivity index (χ3n) is 3.31. The molecule has 0 aliphatic carbocycles. The van der Waals surface area contributed by atoms with E-state index in [9.17, 15) is 9.50 Å². The topological polar surface area (TPSA) is 50.9 Å².